The van der Waals surface area contributed by atoms with Crippen LogP contribution >= 0.6 is 12.4 Å². The third-order valence-corrected chi connectivity index (χ3v) is 8.38. The second-order valence-electron chi connectivity index (χ2n) is 8.46. The van der Waals surface area contributed by atoms with Crippen molar-refractivity contribution in [2.45, 2.75) is 32.4 Å². The first-order chi connectivity index (χ1) is 9.80. The maximum atomic E-state index is 4.02. The Morgan fingerprint density at radius 2 is 1.86 bits per heavy atom. The van der Waals surface area contributed by atoms with Crippen LogP contribution in [0, 0.1) is 46.8 Å². The van der Waals surface area contributed by atoms with Crippen molar-refractivity contribution in [2.75, 3.05) is 0 Å². The van der Waals surface area contributed by atoms with E-state index in [2.05, 4.69) is 42.6 Å². The molecule has 0 heterocycles. The number of rotatable bonds is 3. The van der Waals surface area contributed by atoms with Gasteiger partial charge in [0.1, 0.15) is 0 Å². The Bertz CT molecular complexity index is 586. The van der Waals surface area contributed by atoms with E-state index in [1.165, 1.54) is 5.56 Å². The molecule has 1 nitrogen and oxygen atoms in total. The van der Waals surface area contributed by atoms with Crippen molar-refractivity contribution in [1.82, 2.24) is 5.32 Å². The van der Waals surface area contributed by atoms with Crippen LogP contribution in [0.5, 0.6) is 0 Å². The first-order valence-corrected chi connectivity index (χ1v) is 8.57. The van der Waals surface area contributed by atoms with E-state index in [0.717, 1.165) is 54.0 Å². The van der Waals surface area contributed by atoms with E-state index in [9.17, 15) is 0 Å². The molecule has 1 aromatic rings. The molecule has 0 aliphatic heterocycles. The highest BCUT2D eigenvalue weighted by Gasteiger charge is 2.84. The normalized spacial score (nSPS) is 56.6. The van der Waals surface area contributed by atoms with Crippen LogP contribution in [0.3, 0.4) is 0 Å². The highest BCUT2D eigenvalue weighted by molar-refractivity contribution is 5.85. The summed E-state index contributed by atoms with van der Waals surface area (Å²) >= 11 is 0. The number of nitrogens with one attached hydrogen (secondary N) is 1. The largest absolute Gasteiger partial charge is 0.309 e. The summed E-state index contributed by atoms with van der Waals surface area (Å²) in [5, 5.41) is 4.02. The van der Waals surface area contributed by atoms with Crippen LogP contribution < -0.4 is 5.32 Å². The molecule has 0 aromatic heterocycles. The SMILES string of the molecule is CC12C3CC4C5CC(C(C53)C1NCc1ccccc1)C42.Cl. The quantitative estimate of drug-likeness (QED) is 0.897. The molecule has 9 atom stereocenters. The maximum Gasteiger partial charge on any atom is 0.0208 e. The predicted molar refractivity (Wildman–Crippen MR) is 86.1 cm³/mol. The second kappa shape index (κ2) is 3.86. The van der Waals surface area contributed by atoms with Crippen molar-refractivity contribution in [3.05, 3.63) is 35.9 Å². The van der Waals surface area contributed by atoms with Gasteiger partial charge in [-0.1, -0.05) is 37.3 Å². The fourth-order valence-corrected chi connectivity index (χ4v) is 8.31. The van der Waals surface area contributed by atoms with Gasteiger partial charge >= 0.3 is 0 Å². The van der Waals surface area contributed by atoms with E-state index in [1.54, 1.807) is 12.8 Å². The molecule has 0 spiro atoms. The van der Waals surface area contributed by atoms with Crippen molar-refractivity contribution < 1.29 is 0 Å². The van der Waals surface area contributed by atoms with E-state index in [0.29, 0.717) is 5.41 Å². The van der Waals surface area contributed by atoms with E-state index in [-0.39, 0.29) is 12.4 Å². The number of halogens is 1. The minimum absolute atomic E-state index is 0. The fraction of sp³-hybridized carbons (Fsp3) is 0.684. The molecule has 1 N–H and O–H groups in total. The van der Waals surface area contributed by atoms with Gasteiger partial charge in [0.05, 0.1) is 0 Å². The van der Waals surface area contributed by atoms with Crippen molar-refractivity contribution in [3.63, 3.8) is 0 Å². The summed E-state index contributed by atoms with van der Waals surface area (Å²) < 4.78 is 0. The lowest BCUT2D eigenvalue weighted by molar-refractivity contribution is 0.0652. The Balaban J connectivity index is 0.00000104. The molecule has 1 aromatic carbocycles. The average molecular weight is 302 g/mol. The summed E-state index contributed by atoms with van der Waals surface area (Å²) in [6.45, 7) is 3.73. The van der Waals surface area contributed by atoms with Crippen molar-refractivity contribution >= 4 is 12.4 Å². The van der Waals surface area contributed by atoms with Gasteiger partial charge < -0.3 is 5.32 Å². The van der Waals surface area contributed by atoms with Crippen LogP contribution in [-0.2, 0) is 6.54 Å². The Labute approximate surface area is 133 Å². The summed E-state index contributed by atoms with van der Waals surface area (Å²) in [5.41, 5.74) is 2.11. The first-order valence-electron chi connectivity index (χ1n) is 8.57. The third-order valence-electron chi connectivity index (χ3n) is 8.38. The summed E-state index contributed by atoms with van der Waals surface area (Å²) in [5.74, 6) is 7.74. The van der Waals surface area contributed by atoms with Gasteiger partial charge in [-0.2, -0.15) is 0 Å². The van der Waals surface area contributed by atoms with E-state index < -0.39 is 0 Å². The highest BCUT2D eigenvalue weighted by atomic mass is 35.5. The topological polar surface area (TPSA) is 12.0 Å². The van der Waals surface area contributed by atoms with Crippen LogP contribution in [-0.4, -0.2) is 6.04 Å². The van der Waals surface area contributed by atoms with Crippen LogP contribution in [0.25, 0.3) is 0 Å². The molecule has 0 saturated heterocycles. The molecule has 7 rings (SSSR count). The summed E-state index contributed by atoms with van der Waals surface area (Å²) in [7, 11) is 0. The highest BCUT2D eigenvalue weighted by Crippen LogP contribution is 2.86. The van der Waals surface area contributed by atoms with Gasteiger partial charge in [-0.15, -0.1) is 12.4 Å². The lowest BCUT2D eigenvalue weighted by atomic mass is 9.64. The smallest absolute Gasteiger partial charge is 0.0208 e. The summed E-state index contributed by atoms with van der Waals surface area (Å²) in [6.07, 6.45) is 3.19. The Hall–Kier alpha value is -0.530. The zero-order chi connectivity index (χ0) is 13.1. The van der Waals surface area contributed by atoms with E-state index in [4.69, 9.17) is 0 Å². The Morgan fingerprint density at radius 1 is 1.05 bits per heavy atom. The molecule has 21 heavy (non-hydrogen) atoms. The minimum atomic E-state index is 0. The van der Waals surface area contributed by atoms with E-state index >= 15 is 0 Å². The van der Waals surface area contributed by atoms with Crippen molar-refractivity contribution in [3.8, 4) is 0 Å². The molecule has 2 heteroatoms. The van der Waals surface area contributed by atoms with Gasteiger partial charge in [0.15, 0.2) is 0 Å². The number of hydrogen-bond acceptors (Lipinski definition) is 1. The predicted octanol–water partition coefficient (Wildman–Crippen LogP) is 3.73. The molecular formula is C19H24ClN. The molecule has 6 aliphatic carbocycles. The minimum Gasteiger partial charge on any atom is -0.309 e. The number of hydrogen-bond donors (Lipinski definition) is 1. The van der Waals surface area contributed by atoms with Crippen LogP contribution in [0.15, 0.2) is 30.3 Å². The molecule has 0 amide bonds. The fourth-order valence-electron chi connectivity index (χ4n) is 8.31. The van der Waals surface area contributed by atoms with Gasteiger partial charge in [0.25, 0.3) is 0 Å². The first kappa shape index (κ1) is 13.0. The van der Waals surface area contributed by atoms with Crippen molar-refractivity contribution in [2.24, 2.45) is 46.8 Å². The van der Waals surface area contributed by atoms with Gasteiger partial charge in [-0.3, -0.25) is 0 Å². The zero-order valence-corrected chi connectivity index (χ0v) is 13.4. The van der Waals surface area contributed by atoms with Gasteiger partial charge in [0.2, 0.25) is 0 Å². The lowest BCUT2D eigenvalue weighted by Gasteiger charge is -2.40. The maximum absolute atomic E-state index is 4.02. The standard InChI is InChI=1S/C19H23N.ClH/c1-19-14-8-12-11-7-13(17(12)19)16(15(11)14)18(19)20-9-10-5-3-2-4-6-10;/h2-6,11-18,20H,7-9H2,1H3;1H. The van der Waals surface area contributed by atoms with Crippen molar-refractivity contribution in [1.29, 1.82) is 0 Å². The monoisotopic (exact) mass is 301 g/mol. The van der Waals surface area contributed by atoms with Gasteiger partial charge in [0, 0.05) is 12.6 Å². The molecule has 6 fully saturated rings. The molecule has 112 valence electrons. The molecule has 0 radical (unpaired) electrons. The van der Waals surface area contributed by atoms with Gasteiger partial charge in [-0.05, 0) is 65.2 Å². The lowest BCUT2D eigenvalue weighted by Crippen LogP contribution is -2.42. The van der Waals surface area contributed by atoms with Gasteiger partial charge in [-0.25, -0.2) is 0 Å². The molecule has 6 aliphatic rings. The Morgan fingerprint density at radius 3 is 2.62 bits per heavy atom. The zero-order valence-electron chi connectivity index (χ0n) is 12.5. The Kier molecular flexibility index (Phi) is 2.38. The second-order valence-corrected chi connectivity index (χ2v) is 8.46. The summed E-state index contributed by atoms with van der Waals surface area (Å²) in [6, 6.07) is 11.8. The molecular weight excluding hydrogens is 278 g/mol. The average Bonchev–Trinajstić information content (AvgIpc) is 3.16. The molecule has 6 bridgehead atoms. The summed E-state index contributed by atoms with van der Waals surface area (Å²) in [4.78, 5) is 0. The third kappa shape index (κ3) is 1.20. The van der Waals surface area contributed by atoms with Crippen LogP contribution in [0.4, 0.5) is 0 Å². The van der Waals surface area contributed by atoms with E-state index in [1.807, 2.05) is 0 Å². The van der Waals surface area contributed by atoms with Crippen LogP contribution in [0.1, 0.15) is 25.3 Å². The number of benzene rings is 1. The van der Waals surface area contributed by atoms with Crippen LogP contribution in [0.2, 0.25) is 0 Å². The molecule has 9 unspecified atom stereocenters. The molecule has 6 saturated carbocycles.